The minimum atomic E-state index is -1.83. The number of carbonyl (C=O) groups excluding carboxylic acids is 3. The Morgan fingerprint density at radius 2 is 1.87 bits per heavy atom. The number of rotatable bonds is 3. The van der Waals surface area contributed by atoms with Gasteiger partial charge in [0.25, 0.3) is 0 Å². The van der Waals surface area contributed by atoms with Crippen LogP contribution >= 0.6 is 0 Å². The van der Waals surface area contributed by atoms with E-state index in [1.54, 1.807) is 0 Å². The molecule has 1 atom stereocenters. The second-order valence-electron chi connectivity index (χ2n) is 6.90. The molecule has 0 fully saturated rings. The molecule has 0 aliphatic carbocycles. The Hall–Kier alpha value is -3.75. The van der Waals surface area contributed by atoms with Gasteiger partial charge in [0.1, 0.15) is 5.57 Å². The molecule has 0 bridgehead atoms. The lowest BCUT2D eigenvalue weighted by molar-refractivity contribution is -0.155. The van der Waals surface area contributed by atoms with E-state index in [1.807, 2.05) is 24.3 Å². The van der Waals surface area contributed by atoms with E-state index >= 15 is 0 Å². The number of para-hydroxylation sites is 1. The molecule has 0 amide bonds. The fourth-order valence-electron chi connectivity index (χ4n) is 4.41. The minimum Gasteiger partial charge on any atom is -0.505 e. The molecule has 30 heavy (non-hydrogen) atoms. The smallest absolute Gasteiger partial charge is 0.343 e. The topological polar surface area (TPSA) is 118 Å². The fraction of sp³-hybridized carbons (Fsp3) is 0.286. The normalized spacial score (nSPS) is 21.4. The Balaban J connectivity index is 2.11. The highest BCUT2D eigenvalue weighted by Gasteiger charge is 2.63. The van der Waals surface area contributed by atoms with Gasteiger partial charge < -0.3 is 29.2 Å². The van der Waals surface area contributed by atoms with Crippen molar-refractivity contribution in [3.63, 3.8) is 0 Å². The van der Waals surface area contributed by atoms with Crippen molar-refractivity contribution in [2.75, 3.05) is 27.9 Å². The molecule has 9 nitrogen and oxygen atoms in total. The number of carbonyl (C=O) groups is 3. The lowest BCUT2D eigenvalue weighted by Gasteiger charge is -2.42. The van der Waals surface area contributed by atoms with Crippen molar-refractivity contribution in [1.82, 2.24) is 9.88 Å². The number of nitrogens with one attached hydrogen (secondary N) is 1. The van der Waals surface area contributed by atoms with Crippen LogP contribution in [0.25, 0.3) is 10.9 Å². The van der Waals surface area contributed by atoms with Gasteiger partial charge in [0, 0.05) is 17.4 Å². The summed E-state index contributed by atoms with van der Waals surface area (Å²) in [7, 11) is 3.53. The van der Waals surface area contributed by atoms with Crippen LogP contribution in [-0.4, -0.2) is 60.8 Å². The molecule has 1 unspecified atom stereocenters. The van der Waals surface area contributed by atoms with Crippen molar-refractivity contribution in [2.24, 2.45) is 0 Å². The monoisotopic (exact) mass is 412 g/mol. The SMILES string of the molecule is COC(=O)/C=C1\C(O)=C(C(=O)OC)C2(C(=O)OC)c3[nH]c4ccccc4c3CCN12. The lowest BCUT2D eigenvalue weighted by Crippen LogP contribution is -2.55. The number of nitrogens with zero attached hydrogens (tertiary/aromatic N) is 1. The van der Waals surface area contributed by atoms with Crippen LogP contribution in [-0.2, 0) is 40.6 Å². The van der Waals surface area contributed by atoms with Crippen LogP contribution in [0.3, 0.4) is 0 Å². The standard InChI is InChI=1S/C21H20N2O7/c1-28-15(24)10-14-17(25)16(19(26)29-2)21(20(27)30-3)18-12(8-9-23(14)21)11-6-4-5-7-13(11)22-18/h4-7,10,22,25H,8-9H2,1-3H3/b14-10+. The van der Waals surface area contributed by atoms with Crippen molar-refractivity contribution in [3.8, 4) is 0 Å². The first kappa shape index (κ1) is 19.6. The van der Waals surface area contributed by atoms with Crippen LogP contribution in [0.15, 0.2) is 47.4 Å². The quantitative estimate of drug-likeness (QED) is 0.442. The molecule has 1 aromatic carbocycles. The zero-order valence-corrected chi connectivity index (χ0v) is 16.6. The van der Waals surface area contributed by atoms with E-state index in [2.05, 4.69) is 9.72 Å². The maximum atomic E-state index is 13.3. The summed E-state index contributed by atoms with van der Waals surface area (Å²) in [5, 5.41) is 11.9. The Morgan fingerprint density at radius 3 is 2.53 bits per heavy atom. The molecule has 156 valence electrons. The van der Waals surface area contributed by atoms with Crippen molar-refractivity contribution in [2.45, 2.75) is 12.0 Å². The molecular formula is C21H20N2O7. The molecule has 2 N–H and O–H groups in total. The average molecular weight is 412 g/mol. The van der Waals surface area contributed by atoms with E-state index in [-0.39, 0.29) is 17.8 Å². The van der Waals surface area contributed by atoms with Gasteiger partial charge in [-0.15, -0.1) is 0 Å². The summed E-state index contributed by atoms with van der Waals surface area (Å²) in [6.45, 7) is 0.233. The number of methoxy groups -OCH3 is 3. The van der Waals surface area contributed by atoms with Crippen molar-refractivity contribution >= 4 is 28.8 Å². The van der Waals surface area contributed by atoms with Gasteiger partial charge in [-0.25, -0.2) is 14.4 Å². The second kappa shape index (κ2) is 6.94. The molecule has 0 radical (unpaired) electrons. The number of fused-ring (bicyclic) bond motifs is 5. The van der Waals surface area contributed by atoms with Crippen LogP contribution in [0, 0.1) is 0 Å². The molecule has 3 heterocycles. The largest absolute Gasteiger partial charge is 0.505 e. The lowest BCUT2D eigenvalue weighted by atomic mass is 9.80. The summed E-state index contributed by atoms with van der Waals surface area (Å²) < 4.78 is 14.7. The first-order valence-electron chi connectivity index (χ1n) is 9.19. The summed E-state index contributed by atoms with van der Waals surface area (Å²) in [6, 6.07) is 7.48. The molecule has 0 saturated heterocycles. The molecule has 2 aliphatic rings. The van der Waals surface area contributed by atoms with Crippen molar-refractivity contribution in [1.29, 1.82) is 0 Å². The molecule has 2 aromatic rings. The van der Waals surface area contributed by atoms with Gasteiger partial charge in [-0.3, -0.25) is 0 Å². The third-order valence-electron chi connectivity index (χ3n) is 5.62. The molecule has 4 rings (SSSR count). The number of hydrogen-bond acceptors (Lipinski definition) is 8. The summed E-state index contributed by atoms with van der Waals surface area (Å²) in [5.74, 6) is -2.99. The van der Waals surface area contributed by atoms with Crippen LogP contribution < -0.4 is 0 Å². The first-order chi connectivity index (χ1) is 14.4. The Labute approximate surface area is 171 Å². The number of aromatic amines is 1. The van der Waals surface area contributed by atoms with Gasteiger partial charge in [0.2, 0.25) is 5.54 Å². The van der Waals surface area contributed by atoms with Crippen molar-refractivity contribution < 1.29 is 33.7 Å². The van der Waals surface area contributed by atoms with Crippen LogP contribution in [0.1, 0.15) is 11.3 Å². The second-order valence-corrected chi connectivity index (χ2v) is 6.90. The average Bonchev–Trinajstić information content (AvgIpc) is 3.26. The zero-order valence-electron chi connectivity index (χ0n) is 16.6. The number of aliphatic hydroxyl groups excluding tert-OH is 1. The number of H-pyrrole nitrogens is 1. The number of hydrogen-bond donors (Lipinski definition) is 2. The molecule has 0 saturated carbocycles. The van der Waals surface area contributed by atoms with Gasteiger partial charge in [-0.2, -0.15) is 0 Å². The van der Waals surface area contributed by atoms with E-state index in [0.717, 1.165) is 29.7 Å². The van der Waals surface area contributed by atoms with Crippen LogP contribution in [0.4, 0.5) is 0 Å². The highest BCUT2D eigenvalue weighted by Crippen LogP contribution is 2.52. The Morgan fingerprint density at radius 1 is 1.13 bits per heavy atom. The first-order valence-corrected chi connectivity index (χ1v) is 9.19. The number of esters is 3. The van der Waals surface area contributed by atoms with Gasteiger partial charge in [0.05, 0.1) is 38.8 Å². The number of aromatic nitrogens is 1. The van der Waals surface area contributed by atoms with E-state index in [9.17, 15) is 19.5 Å². The predicted molar refractivity (Wildman–Crippen MR) is 104 cm³/mol. The van der Waals surface area contributed by atoms with Gasteiger partial charge in [-0.1, -0.05) is 18.2 Å². The summed E-state index contributed by atoms with van der Waals surface area (Å²) in [4.78, 5) is 42.8. The predicted octanol–water partition coefficient (Wildman–Crippen LogP) is 1.45. The number of aliphatic hydroxyl groups is 1. The van der Waals surface area contributed by atoms with Crippen LogP contribution in [0.2, 0.25) is 0 Å². The van der Waals surface area contributed by atoms with Gasteiger partial charge >= 0.3 is 17.9 Å². The molecule has 9 heteroatoms. The maximum Gasteiger partial charge on any atom is 0.343 e. The van der Waals surface area contributed by atoms with E-state index in [1.165, 1.54) is 19.1 Å². The van der Waals surface area contributed by atoms with Crippen molar-refractivity contribution in [3.05, 3.63) is 58.6 Å². The maximum absolute atomic E-state index is 13.3. The number of benzene rings is 1. The third-order valence-corrected chi connectivity index (χ3v) is 5.62. The van der Waals surface area contributed by atoms with E-state index in [0.29, 0.717) is 12.1 Å². The van der Waals surface area contributed by atoms with Gasteiger partial charge in [0.15, 0.2) is 5.76 Å². The summed E-state index contributed by atoms with van der Waals surface area (Å²) in [5.41, 5.74) is -0.195. The highest BCUT2D eigenvalue weighted by atomic mass is 16.5. The fourth-order valence-corrected chi connectivity index (χ4v) is 4.41. The summed E-state index contributed by atoms with van der Waals surface area (Å²) >= 11 is 0. The Kier molecular flexibility index (Phi) is 4.53. The molecule has 0 spiro atoms. The third kappa shape index (κ3) is 2.38. The molecule has 2 aliphatic heterocycles. The van der Waals surface area contributed by atoms with Crippen LogP contribution in [0.5, 0.6) is 0 Å². The zero-order chi connectivity index (χ0) is 21.6. The molecular weight excluding hydrogens is 392 g/mol. The number of ether oxygens (including phenoxy) is 3. The minimum absolute atomic E-state index is 0.0167. The van der Waals surface area contributed by atoms with E-state index in [4.69, 9.17) is 9.47 Å². The van der Waals surface area contributed by atoms with Gasteiger partial charge in [-0.05, 0) is 18.1 Å². The highest BCUT2D eigenvalue weighted by molar-refractivity contribution is 6.06. The molecule has 1 aromatic heterocycles. The Bertz CT molecular complexity index is 1140. The summed E-state index contributed by atoms with van der Waals surface area (Å²) in [6.07, 6.45) is 1.54. The van der Waals surface area contributed by atoms with E-state index < -0.39 is 29.2 Å².